The number of amides is 1. The smallest absolute Gasteiger partial charge is 0.252 e. The molecule has 10 heteroatoms. The van der Waals surface area contributed by atoms with E-state index in [0.717, 1.165) is 31.1 Å². The fourth-order valence-electron chi connectivity index (χ4n) is 4.53. The number of carbonyl (C=O) groups is 1. The minimum atomic E-state index is -0.554. The molecule has 1 fully saturated rings. The fraction of sp³-hybridized carbons (Fsp3) is 0.385. The van der Waals surface area contributed by atoms with Gasteiger partial charge in [-0.15, -0.1) is 0 Å². The van der Waals surface area contributed by atoms with E-state index >= 15 is 0 Å². The Morgan fingerprint density at radius 1 is 1.22 bits per heavy atom. The number of hydrogen-bond acceptors (Lipinski definition) is 7. The first-order valence-electron chi connectivity index (χ1n) is 11.9. The van der Waals surface area contributed by atoms with Crippen LogP contribution in [0.4, 0.5) is 17.1 Å². The van der Waals surface area contributed by atoms with Gasteiger partial charge in [0, 0.05) is 49.2 Å². The molecule has 0 aliphatic heterocycles. The van der Waals surface area contributed by atoms with Crippen LogP contribution in [0.2, 0.25) is 5.15 Å². The van der Waals surface area contributed by atoms with Gasteiger partial charge in [0.15, 0.2) is 0 Å². The number of aryl methyl sites for hydroxylation is 1. The first-order valence-corrected chi connectivity index (χ1v) is 12.2. The summed E-state index contributed by atoms with van der Waals surface area (Å²) in [6.45, 7) is 1.78. The molecule has 2 heterocycles. The van der Waals surface area contributed by atoms with Crippen molar-refractivity contribution in [2.24, 2.45) is 7.05 Å². The number of hydrogen-bond donors (Lipinski definition) is 3. The minimum Gasteiger partial charge on any atom is -0.381 e. The van der Waals surface area contributed by atoms with Gasteiger partial charge in [0.05, 0.1) is 17.3 Å². The molecule has 3 N–H and O–H groups in total. The van der Waals surface area contributed by atoms with Gasteiger partial charge in [-0.2, -0.15) is 5.26 Å². The van der Waals surface area contributed by atoms with Crippen LogP contribution < -0.4 is 21.5 Å². The molecule has 1 unspecified atom stereocenters. The molecule has 36 heavy (non-hydrogen) atoms. The molecule has 0 radical (unpaired) electrons. The maximum Gasteiger partial charge on any atom is 0.252 e. The van der Waals surface area contributed by atoms with Crippen LogP contribution in [0, 0.1) is 11.3 Å². The SMILES string of the molecule is COC1CCC(NC(=O)C(C)Nc2cc(=O)n(C)c3ccc(Nc4ccnc(Cl)c4C#N)cc23)CC1. The molecular formula is C26H29ClN6O3. The van der Waals surface area contributed by atoms with Gasteiger partial charge in [-0.1, -0.05) is 11.6 Å². The summed E-state index contributed by atoms with van der Waals surface area (Å²) in [7, 11) is 3.42. The number of carbonyl (C=O) groups excluding carboxylic acids is 1. The summed E-state index contributed by atoms with van der Waals surface area (Å²) in [5.41, 5.74) is 2.51. The van der Waals surface area contributed by atoms with E-state index in [-0.39, 0.29) is 34.3 Å². The van der Waals surface area contributed by atoms with Crippen LogP contribution in [0.3, 0.4) is 0 Å². The number of nitrogens with zero attached hydrogens (tertiary/aromatic N) is 3. The van der Waals surface area contributed by atoms with Crippen molar-refractivity contribution in [1.29, 1.82) is 5.26 Å². The number of pyridine rings is 2. The highest BCUT2D eigenvalue weighted by Crippen LogP contribution is 2.29. The highest BCUT2D eigenvalue weighted by atomic mass is 35.5. The summed E-state index contributed by atoms with van der Waals surface area (Å²) >= 11 is 6.06. The number of halogens is 1. The van der Waals surface area contributed by atoms with Crippen molar-refractivity contribution >= 4 is 45.5 Å². The summed E-state index contributed by atoms with van der Waals surface area (Å²) in [5.74, 6) is -0.121. The number of nitriles is 1. The minimum absolute atomic E-state index is 0.114. The Kier molecular flexibility index (Phi) is 7.77. The molecule has 4 rings (SSSR count). The Balaban J connectivity index is 1.57. The van der Waals surface area contributed by atoms with E-state index in [1.54, 1.807) is 31.7 Å². The number of nitrogens with one attached hydrogen (secondary N) is 3. The molecule has 1 aliphatic carbocycles. The third kappa shape index (κ3) is 5.45. The highest BCUT2D eigenvalue weighted by molar-refractivity contribution is 6.31. The second-order valence-corrected chi connectivity index (χ2v) is 9.39. The Hall–Kier alpha value is -3.61. The molecule has 1 saturated carbocycles. The summed E-state index contributed by atoms with van der Waals surface area (Å²) < 4.78 is 6.96. The van der Waals surface area contributed by atoms with Crippen LogP contribution in [-0.2, 0) is 16.6 Å². The van der Waals surface area contributed by atoms with Crippen LogP contribution in [0.1, 0.15) is 38.2 Å². The predicted octanol–water partition coefficient (Wildman–Crippen LogP) is 4.08. The van der Waals surface area contributed by atoms with Gasteiger partial charge in [0.2, 0.25) is 5.91 Å². The van der Waals surface area contributed by atoms with Crippen molar-refractivity contribution in [3.63, 3.8) is 0 Å². The topological polar surface area (TPSA) is 121 Å². The molecule has 188 valence electrons. The lowest BCUT2D eigenvalue weighted by Crippen LogP contribution is -2.45. The molecule has 1 aliphatic rings. The summed E-state index contributed by atoms with van der Waals surface area (Å²) in [6, 6.07) is 10.3. The van der Waals surface area contributed by atoms with Gasteiger partial charge in [0.1, 0.15) is 22.8 Å². The van der Waals surface area contributed by atoms with Crippen molar-refractivity contribution in [3.05, 3.63) is 57.6 Å². The van der Waals surface area contributed by atoms with E-state index in [9.17, 15) is 14.9 Å². The zero-order chi connectivity index (χ0) is 25.8. The van der Waals surface area contributed by atoms with Crippen molar-refractivity contribution in [2.75, 3.05) is 17.7 Å². The lowest BCUT2D eigenvalue weighted by molar-refractivity contribution is -0.122. The van der Waals surface area contributed by atoms with E-state index in [4.69, 9.17) is 16.3 Å². The van der Waals surface area contributed by atoms with Gasteiger partial charge in [-0.05, 0) is 56.9 Å². The second-order valence-electron chi connectivity index (χ2n) is 9.03. The number of methoxy groups -OCH3 is 1. The molecule has 2 aromatic heterocycles. The van der Waals surface area contributed by atoms with E-state index in [2.05, 4.69) is 27.0 Å². The largest absolute Gasteiger partial charge is 0.381 e. The van der Waals surface area contributed by atoms with Gasteiger partial charge in [-0.25, -0.2) is 4.98 Å². The van der Waals surface area contributed by atoms with Crippen LogP contribution in [0.5, 0.6) is 0 Å². The molecule has 1 atom stereocenters. The Morgan fingerprint density at radius 2 is 1.97 bits per heavy atom. The molecule has 1 amide bonds. The number of aromatic nitrogens is 2. The summed E-state index contributed by atoms with van der Waals surface area (Å²) in [5, 5.41) is 19.9. The lowest BCUT2D eigenvalue weighted by atomic mass is 9.93. The van der Waals surface area contributed by atoms with Crippen LogP contribution in [0.15, 0.2) is 41.3 Å². The molecule has 0 bridgehead atoms. The first-order chi connectivity index (χ1) is 17.3. The zero-order valence-electron chi connectivity index (χ0n) is 20.5. The predicted molar refractivity (Wildman–Crippen MR) is 141 cm³/mol. The average molecular weight is 509 g/mol. The molecule has 0 spiro atoms. The fourth-order valence-corrected chi connectivity index (χ4v) is 4.73. The Labute approximate surface area is 214 Å². The van der Waals surface area contributed by atoms with E-state index in [1.165, 1.54) is 12.3 Å². The average Bonchev–Trinajstić information content (AvgIpc) is 2.87. The van der Waals surface area contributed by atoms with Gasteiger partial charge in [0.25, 0.3) is 5.56 Å². The standard InChI is InChI=1S/C26H29ClN6O3/c1-15(26(35)32-16-4-7-18(36-3)8-5-16)30-22-13-24(34)33(2)23-9-6-17(12-19(22)23)31-21-10-11-29-25(27)20(21)14-28/h6,9-13,15-16,18,30H,4-5,7-8H2,1-3H3,(H,29,31)(H,32,35). The third-order valence-corrected chi connectivity index (χ3v) is 6.95. The number of fused-ring (bicyclic) bond motifs is 1. The van der Waals surface area contributed by atoms with Crippen LogP contribution in [0.25, 0.3) is 10.9 Å². The molecule has 3 aromatic rings. The normalized spacial score (nSPS) is 18.3. The summed E-state index contributed by atoms with van der Waals surface area (Å²) in [6.07, 6.45) is 5.39. The maximum absolute atomic E-state index is 12.9. The number of rotatable bonds is 7. The third-order valence-electron chi connectivity index (χ3n) is 6.66. The van der Waals surface area contributed by atoms with E-state index in [0.29, 0.717) is 22.6 Å². The number of benzene rings is 1. The second kappa shape index (κ2) is 11.0. The Bertz CT molecular complexity index is 1370. The van der Waals surface area contributed by atoms with Crippen LogP contribution >= 0.6 is 11.6 Å². The maximum atomic E-state index is 12.9. The van der Waals surface area contributed by atoms with Crippen molar-refractivity contribution in [1.82, 2.24) is 14.9 Å². The van der Waals surface area contributed by atoms with E-state index < -0.39 is 6.04 Å². The van der Waals surface area contributed by atoms with Gasteiger partial charge in [-0.3, -0.25) is 9.59 Å². The zero-order valence-corrected chi connectivity index (χ0v) is 21.2. The molecule has 1 aromatic carbocycles. The monoisotopic (exact) mass is 508 g/mol. The van der Waals surface area contributed by atoms with Crippen molar-refractivity contribution < 1.29 is 9.53 Å². The quantitative estimate of drug-likeness (QED) is 0.411. The van der Waals surface area contributed by atoms with Gasteiger partial charge >= 0.3 is 0 Å². The number of ether oxygens (including phenoxy) is 1. The molecular weight excluding hydrogens is 480 g/mol. The lowest BCUT2D eigenvalue weighted by Gasteiger charge is -2.29. The summed E-state index contributed by atoms with van der Waals surface area (Å²) in [4.78, 5) is 29.5. The van der Waals surface area contributed by atoms with E-state index in [1.807, 2.05) is 18.2 Å². The van der Waals surface area contributed by atoms with Gasteiger partial charge < -0.3 is 25.3 Å². The van der Waals surface area contributed by atoms with Crippen molar-refractivity contribution in [2.45, 2.75) is 50.8 Å². The Morgan fingerprint density at radius 3 is 2.67 bits per heavy atom. The number of anilines is 3. The van der Waals surface area contributed by atoms with Crippen molar-refractivity contribution in [3.8, 4) is 6.07 Å². The molecule has 0 saturated heterocycles. The highest BCUT2D eigenvalue weighted by Gasteiger charge is 2.24. The molecule has 9 nitrogen and oxygen atoms in total. The first kappa shape index (κ1) is 25.5. The van der Waals surface area contributed by atoms with Crippen LogP contribution in [-0.4, -0.2) is 40.8 Å².